The first kappa shape index (κ1) is 16.4. The standard InChI is InChI=1S/C16H21FN2O3/c17-11-6-8-13(9-7-11)19-15(20)10-14(16(21)22)18-12-4-2-1-3-5-12/h6-9,12,14,18H,1-5,10H2,(H,19,20)(H,21,22)/t14-/m0/s1. The Kier molecular flexibility index (Phi) is 5.89. The first-order chi connectivity index (χ1) is 10.5. The predicted molar refractivity (Wildman–Crippen MR) is 81.1 cm³/mol. The fourth-order valence-electron chi connectivity index (χ4n) is 2.70. The van der Waals surface area contributed by atoms with Crippen LogP contribution < -0.4 is 10.6 Å². The molecular weight excluding hydrogens is 287 g/mol. The third-order valence-corrected chi connectivity index (χ3v) is 3.86. The molecule has 1 amide bonds. The highest BCUT2D eigenvalue weighted by atomic mass is 19.1. The average Bonchev–Trinajstić information content (AvgIpc) is 2.50. The number of aliphatic carboxylic acids is 1. The highest BCUT2D eigenvalue weighted by Gasteiger charge is 2.25. The van der Waals surface area contributed by atoms with E-state index in [1.54, 1.807) is 0 Å². The summed E-state index contributed by atoms with van der Waals surface area (Å²) in [5.74, 6) is -1.82. The van der Waals surface area contributed by atoms with Gasteiger partial charge in [-0.1, -0.05) is 19.3 Å². The first-order valence-electron chi connectivity index (χ1n) is 7.59. The maximum Gasteiger partial charge on any atom is 0.321 e. The van der Waals surface area contributed by atoms with Crippen molar-refractivity contribution in [1.82, 2.24) is 5.32 Å². The summed E-state index contributed by atoms with van der Waals surface area (Å²) in [6, 6.07) is 4.63. The molecule has 6 heteroatoms. The molecule has 1 aliphatic rings. The molecule has 22 heavy (non-hydrogen) atoms. The van der Waals surface area contributed by atoms with Gasteiger partial charge in [0.15, 0.2) is 0 Å². The second-order valence-corrected chi connectivity index (χ2v) is 5.65. The SMILES string of the molecule is O=C(C[C@H](NC1CCCCC1)C(=O)O)Nc1ccc(F)cc1. The molecule has 0 aliphatic heterocycles. The molecule has 3 N–H and O–H groups in total. The van der Waals surface area contributed by atoms with E-state index in [1.807, 2.05) is 0 Å². The van der Waals surface area contributed by atoms with E-state index >= 15 is 0 Å². The van der Waals surface area contributed by atoms with Crippen LogP contribution in [-0.2, 0) is 9.59 Å². The number of carboxylic acid groups (broad SMARTS) is 1. The van der Waals surface area contributed by atoms with Crippen LogP contribution in [0.3, 0.4) is 0 Å². The third-order valence-electron chi connectivity index (χ3n) is 3.86. The zero-order valence-corrected chi connectivity index (χ0v) is 12.3. The van der Waals surface area contributed by atoms with Crippen LogP contribution in [0.2, 0.25) is 0 Å². The minimum atomic E-state index is -1.03. The maximum atomic E-state index is 12.8. The highest BCUT2D eigenvalue weighted by Crippen LogP contribution is 2.18. The molecule has 0 bridgehead atoms. The van der Waals surface area contributed by atoms with E-state index in [2.05, 4.69) is 10.6 Å². The normalized spacial score (nSPS) is 17.0. The average molecular weight is 308 g/mol. The van der Waals surface area contributed by atoms with Crippen LogP contribution in [0.25, 0.3) is 0 Å². The van der Waals surface area contributed by atoms with Crippen LogP contribution in [0, 0.1) is 5.82 Å². The molecule has 0 heterocycles. The van der Waals surface area contributed by atoms with Gasteiger partial charge in [0.1, 0.15) is 11.9 Å². The number of carbonyl (C=O) groups is 2. The lowest BCUT2D eigenvalue weighted by atomic mass is 9.94. The van der Waals surface area contributed by atoms with Crippen molar-refractivity contribution < 1.29 is 19.1 Å². The molecular formula is C16H21FN2O3. The van der Waals surface area contributed by atoms with Gasteiger partial charge in [0.05, 0.1) is 6.42 Å². The molecule has 1 aliphatic carbocycles. The summed E-state index contributed by atoms with van der Waals surface area (Å²) >= 11 is 0. The fourth-order valence-corrected chi connectivity index (χ4v) is 2.70. The second-order valence-electron chi connectivity index (χ2n) is 5.65. The zero-order valence-electron chi connectivity index (χ0n) is 12.3. The van der Waals surface area contributed by atoms with Gasteiger partial charge in [0.25, 0.3) is 0 Å². The van der Waals surface area contributed by atoms with Crippen LogP contribution >= 0.6 is 0 Å². The third kappa shape index (κ3) is 5.11. The molecule has 0 saturated heterocycles. The maximum absolute atomic E-state index is 12.8. The van der Waals surface area contributed by atoms with Gasteiger partial charge in [-0.05, 0) is 37.1 Å². The smallest absolute Gasteiger partial charge is 0.321 e. The van der Waals surface area contributed by atoms with Gasteiger partial charge in [-0.2, -0.15) is 0 Å². The number of benzene rings is 1. The van der Waals surface area contributed by atoms with E-state index in [4.69, 9.17) is 0 Å². The van der Waals surface area contributed by atoms with Crippen LogP contribution in [0.1, 0.15) is 38.5 Å². The number of rotatable bonds is 6. The number of hydrogen-bond acceptors (Lipinski definition) is 3. The molecule has 2 rings (SSSR count). The summed E-state index contributed by atoms with van der Waals surface area (Å²) in [5.41, 5.74) is 0.452. The van der Waals surface area contributed by atoms with Crippen molar-refractivity contribution in [2.75, 3.05) is 5.32 Å². The largest absolute Gasteiger partial charge is 0.480 e. The molecule has 1 atom stereocenters. The monoisotopic (exact) mass is 308 g/mol. The van der Waals surface area contributed by atoms with Gasteiger partial charge in [-0.3, -0.25) is 9.59 Å². The van der Waals surface area contributed by atoms with E-state index in [0.29, 0.717) is 5.69 Å². The molecule has 1 saturated carbocycles. The van der Waals surface area contributed by atoms with Gasteiger partial charge in [-0.15, -0.1) is 0 Å². The number of halogens is 1. The Morgan fingerprint density at radius 3 is 2.41 bits per heavy atom. The lowest BCUT2D eigenvalue weighted by molar-refractivity contribution is -0.141. The van der Waals surface area contributed by atoms with Crippen molar-refractivity contribution in [3.05, 3.63) is 30.1 Å². The zero-order chi connectivity index (χ0) is 15.9. The Morgan fingerprint density at radius 2 is 1.82 bits per heavy atom. The van der Waals surface area contributed by atoms with E-state index in [-0.39, 0.29) is 18.3 Å². The second kappa shape index (κ2) is 7.89. The Hall–Kier alpha value is -1.95. The molecule has 0 aromatic heterocycles. The molecule has 1 aromatic rings. The van der Waals surface area contributed by atoms with Gasteiger partial charge in [-0.25, -0.2) is 4.39 Å². The van der Waals surface area contributed by atoms with Crippen LogP contribution in [0.5, 0.6) is 0 Å². The van der Waals surface area contributed by atoms with Crippen molar-refractivity contribution in [2.24, 2.45) is 0 Å². The summed E-state index contributed by atoms with van der Waals surface area (Å²) in [7, 11) is 0. The summed E-state index contributed by atoms with van der Waals surface area (Å²) in [4.78, 5) is 23.3. The van der Waals surface area contributed by atoms with E-state index < -0.39 is 17.9 Å². The van der Waals surface area contributed by atoms with Crippen LogP contribution in [-0.4, -0.2) is 29.1 Å². The molecule has 0 unspecified atom stereocenters. The number of anilines is 1. The van der Waals surface area contributed by atoms with Crippen molar-refractivity contribution in [2.45, 2.75) is 50.6 Å². The molecule has 0 radical (unpaired) electrons. The van der Waals surface area contributed by atoms with Crippen molar-refractivity contribution in [3.63, 3.8) is 0 Å². The van der Waals surface area contributed by atoms with Gasteiger partial charge < -0.3 is 15.7 Å². The predicted octanol–water partition coefficient (Wildman–Crippen LogP) is 2.53. The van der Waals surface area contributed by atoms with Crippen molar-refractivity contribution >= 4 is 17.6 Å². The lowest BCUT2D eigenvalue weighted by Gasteiger charge is -2.26. The number of carboxylic acids is 1. The Bertz CT molecular complexity index is 513. The first-order valence-corrected chi connectivity index (χ1v) is 7.59. The number of carbonyl (C=O) groups excluding carboxylic acids is 1. The van der Waals surface area contributed by atoms with E-state index in [0.717, 1.165) is 25.7 Å². The summed E-state index contributed by atoms with van der Waals surface area (Å²) in [5, 5.41) is 14.9. The number of hydrogen-bond donors (Lipinski definition) is 3. The molecule has 5 nitrogen and oxygen atoms in total. The van der Waals surface area contributed by atoms with Crippen LogP contribution in [0.4, 0.5) is 10.1 Å². The molecule has 120 valence electrons. The Morgan fingerprint density at radius 1 is 1.18 bits per heavy atom. The van der Waals surface area contributed by atoms with Gasteiger partial charge in [0.2, 0.25) is 5.91 Å². The van der Waals surface area contributed by atoms with Gasteiger partial charge in [0, 0.05) is 11.7 Å². The molecule has 1 fully saturated rings. The van der Waals surface area contributed by atoms with Crippen LogP contribution in [0.15, 0.2) is 24.3 Å². The highest BCUT2D eigenvalue weighted by molar-refractivity contribution is 5.94. The minimum absolute atomic E-state index is 0.150. The molecule has 0 spiro atoms. The molecule has 1 aromatic carbocycles. The fraction of sp³-hybridized carbons (Fsp3) is 0.500. The Balaban J connectivity index is 1.87. The summed E-state index contributed by atoms with van der Waals surface area (Å²) in [6.45, 7) is 0. The number of nitrogens with one attached hydrogen (secondary N) is 2. The van der Waals surface area contributed by atoms with Crippen molar-refractivity contribution in [3.8, 4) is 0 Å². The summed E-state index contributed by atoms with van der Waals surface area (Å²) in [6.07, 6.45) is 5.11. The Labute approximate surface area is 128 Å². The van der Waals surface area contributed by atoms with E-state index in [9.17, 15) is 19.1 Å². The minimum Gasteiger partial charge on any atom is -0.480 e. The van der Waals surface area contributed by atoms with Gasteiger partial charge >= 0.3 is 5.97 Å². The van der Waals surface area contributed by atoms with Crippen molar-refractivity contribution in [1.29, 1.82) is 0 Å². The van der Waals surface area contributed by atoms with E-state index in [1.165, 1.54) is 30.7 Å². The quantitative estimate of drug-likeness (QED) is 0.754. The summed E-state index contributed by atoms with van der Waals surface area (Å²) < 4.78 is 12.8. The number of amides is 1. The lowest BCUT2D eigenvalue weighted by Crippen LogP contribution is -2.45. The topological polar surface area (TPSA) is 78.4 Å².